The van der Waals surface area contributed by atoms with Gasteiger partial charge in [-0.2, -0.15) is 0 Å². The Kier molecular flexibility index (Phi) is 10.3. The minimum atomic E-state index is -0.790. The molecule has 20 heavy (non-hydrogen) atoms. The van der Waals surface area contributed by atoms with Crippen LogP contribution in [0.3, 0.4) is 0 Å². The van der Waals surface area contributed by atoms with E-state index in [1.807, 2.05) is 13.8 Å². The summed E-state index contributed by atoms with van der Waals surface area (Å²) < 4.78 is 0. The van der Waals surface area contributed by atoms with Gasteiger partial charge >= 0.3 is 12.0 Å². The van der Waals surface area contributed by atoms with Gasteiger partial charge in [0.05, 0.1) is 6.54 Å². The number of carboxylic acid groups (broad SMARTS) is 1. The smallest absolute Gasteiger partial charge is 0.321 e. The van der Waals surface area contributed by atoms with Crippen LogP contribution in [0.4, 0.5) is 4.79 Å². The molecule has 7 nitrogen and oxygen atoms in total. The number of carboxylic acids is 1. The van der Waals surface area contributed by atoms with Gasteiger partial charge < -0.3 is 15.7 Å². The molecule has 0 saturated heterocycles. The molecule has 0 rings (SSSR count). The molecule has 7 heteroatoms. The van der Waals surface area contributed by atoms with Crippen molar-refractivity contribution >= 4 is 17.9 Å². The van der Waals surface area contributed by atoms with Gasteiger partial charge in [-0.1, -0.05) is 13.8 Å². The molecule has 0 aliphatic heterocycles. The molecule has 0 aromatic rings. The Labute approximate surface area is 119 Å². The molecule has 0 bridgehead atoms. The van der Waals surface area contributed by atoms with E-state index in [4.69, 9.17) is 5.11 Å². The average Bonchev–Trinajstić information content (AvgIpc) is 2.39. The van der Waals surface area contributed by atoms with E-state index in [0.29, 0.717) is 19.5 Å². The summed E-state index contributed by atoms with van der Waals surface area (Å²) in [5, 5.41) is 16.2. The molecular formula is C13H25N3O4. The van der Waals surface area contributed by atoms with Crippen molar-refractivity contribution in [2.75, 3.05) is 19.6 Å². The van der Waals surface area contributed by atoms with Crippen molar-refractivity contribution < 1.29 is 19.5 Å². The fourth-order valence-corrected chi connectivity index (χ4v) is 1.52. The third kappa shape index (κ3) is 11.5. The molecule has 3 amide bonds. The fraction of sp³-hybridized carbons (Fsp3) is 0.769. The number of carbonyl (C=O) groups excluding carboxylic acids is 2. The molecule has 0 heterocycles. The number of carbonyl (C=O) groups is 3. The highest BCUT2D eigenvalue weighted by Gasteiger charge is 2.08. The second kappa shape index (κ2) is 11.2. The monoisotopic (exact) mass is 287 g/mol. The van der Waals surface area contributed by atoms with Crippen LogP contribution in [0.2, 0.25) is 0 Å². The lowest BCUT2D eigenvalue weighted by molar-refractivity contribution is -0.137. The van der Waals surface area contributed by atoms with Crippen molar-refractivity contribution in [3.8, 4) is 0 Å². The number of amides is 3. The SMILES string of the molecule is CCCNC(=O)NC(=O)CNCCC(C)CCC(=O)O. The molecule has 116 valence electrons. The number of hydrogen-bond acceptors (Lipinski definition) is 4. The van der Waals surface area contributed by atoms with Crippen LogP contribution in [0.25, 0.3) is 0 Å². The average molecular weight is 287 g/mol. The van der Waals surface area contributed by atoms with E-state index in [2.05, 4.69) is 16.0 Å². The minimum Gasteiger partial charge on any atom is -0.481 e. The van der Waals surface area contributed by atoms with Crippen molar-refractivity contribution in [3.63, 3.8) is 0 Å². The van der Waals surface area contributed by atoms with Gasteiger partial charge in [0.1, 0.15) is 0 Å². The van der Waals surface area contributed by atoms with Crippen molar-refractivity contribution in [2.45, 2.75) is 39.5 Å². The van der Waals surface area contributed by atoms with Crippen molar-refractivity contribution in [1.82, 2.24) is 16.0 Å². The summed E-state index contributed by atoms with van der Waals surface area (Å²) in [7, 11) is 0. The van der Waals surface area contributed by atoms with Gasteiger partial charge in [0.2, 0.25) is 5.91 Å². The molecule has 0 aliphatic rings. The number of urea groups is 1. The zero-order valence-corrected chi connectivity index (χ0v) is 12.2. The number of rotatable bonds is 10. The quantitative estimate of drug-likeness (QED) is 0.442. The lowest BCUT2D eigenvalue weighted by atomic mass is 10.0. The Balaban J connectivity index is 3.56. The summed E-state index contributed by atoms with van der Waals surface area (Å²) in [6.07, 6.45) is 2.40. The molecule has 0 radical (unpaired) electrons. The molecule has 0 aromatic carbocycles. The van der Waals surface area contributed by atoms with E-state index in [1.54, 1.807) is 0 Å². The van der Waals surface area contributed by atoms with Crippen LogP contribution in [-0.4, -0.2) is 42.6 Å². The Morgan fingerprint density at radius 2 is 1.85 bits per heavy atom. The maximum Gasteiger partial charge on any atom is 0.321 e. The van der Waals surface area contributed by atoms with E-state index in [1.165, 1.54) is 0 Å². The highest BCUT2D eigenvalue weighted by Crippen LogP contribution is 2.08. The molecule has 0 aromatic heterocycles. The predicted molar refractivity (Wildman–Crippen MR) is 75.4 cm³/mol. The van der Waals surface area contributed by atoms with Crippen molar-refractivity contribution in [2.24, 2.45) is 5.92 Å². The first-order valence-electron chi connectivity index (χ1n) is 6.95. The van der Waals surface area contributed by atoms with Crippen LogP contribution in [0.5, 0.6) is 0 Å². The maximum atomic E-state index is 11.4. The highest BCUT2D eigenvalue weighted by atomic mass is 16.4. The molecule has 0 saturated carbocycles. The Morgan fingerprint density at radius 3 is 2.45 bits per heavy atom. The fourth-order valence-electron chi connectivity index (χ4n) is 1.52. The number of aliphatic carboxylic acids is 1. The molecule has 1 unspecified atom stereocenters. The van der Waals surface area contributed by atoms with Gasteiger partial charge in [0.15, 0.2) is 0 Å². The first-order chi connectivity index (χ1) is 9.45. The third-order valence-corrected chi connectivity index (χ3v) is 2.74. The lowest BCUT2D eigenvalue weighted by Gasteiger charge is -2.10. The Bertz CT molecular complexity index is 321. The zero-order valence-electron chi connectivity index (χ0n) is 12.2. The second-order valence-electron chi connectivity index (χ2n) is 4.81. The molecule has 0 fully saturated rings. The highest BCUT2D eigenvalue weighted by molar-refractivity contribution is 5.95. The Hall–Kier alpha value is -1.63. The largest absolute Gasteiger partial charge is 0.481 e. The maximum absolute atomic E-state index is 11.4. The van der Waals surface area contributed by atoms with Crippen LogP contribution in [0, 0.1) is 5.92 Å². The van der Waals surface area contributed by atoms with E-state index in [0.717, 1.165) is 12.8 Å². The first-order valence-corrected chi connectivity index (χ1v) is 6.95. The van der Waals surface area contributed by atoms with E-state index < -0.39 is 12.0 Å². The van der Waals surface area contributed by atoms with Gasteiger partial charge in [-0.15, -0.1) is 0 Å². The third-order valence-electron chi connectivity index (χ3n) is 2.74. The van der Waals surface area contributed by atoms with Crippen molar-refractivity contribution in [1.29, 1.82) is 0 Å². The molecule has 4 N–H and O–H groups in total. The van der Waals surface area contributed by atoms with Crippen LogP contribution in [0.1, 0.15) is 39.5 Å². The number of hydrogen-bond donors (Lipinski definition) is 4. The molecule has 0 spiro atoms. The number of nitrogens with one attached hydrogen (secondary N) is 3. The van der Waals surface area contributed by atoms with Crippen LogP contribution in [0.15, 0.2) is 0 Å². The summed E-state index contributed by atoms with van der Waals surface area (Å²) in [6.45, 7) is 5.13. The van der Waals surface area contributed by atoms with Gasteiger partial charge in [0, 0.05) is 13.0 Å². The first kappa shape index (κ1) is 18.4. The standard InChI is InChI=1S/C13H25N3O4/c1-3-7-15-13(20)16-11(17)9-14-8-6-10(2)4-5-12(18)19/h10,14H,3-9H2,1-2H3,(H,18,19)(H2,15,16,17,20). The number of imide groups is 1. The van der Waals surface area contributed by atoms with Gasteiger partial charge in [-0.05, 0) is 31.7 Å². The predicted octanol–water partition coefficient (Wildman–Crippen LogP) is 0.703. The summed E-state index contributed by atoms with van der Waals surface area (Å²) in [6, 6.07) is -0.478. The van der Waals surface area contributed by atoms with Crippen molar-refractivity contribution in [3.05, 3.63) is 0 Å². The van der Waals surface area contributed by atoms with Gasteiger partial charge in [0.25, 0.3) is 0 Å². The Morgan fingerprint density at radius 1 is 1.15 bits per heavy atom. The normalized spacial score (nSPS) is 11.7. The zero-order chi connectivity index (χ0) is 15.4. The topological polar surface area (TPSA) is 108 Å². The van der Waals surface area contributed by atoms with E-state index >= 15 is 0 Å². The van der Waals surface area contributed by atoms with Gasteiger partial charge in [-0.25, -0.2) is 4.79 Å². The second-order valence-corrected chi connectivity index (χ2v) is 4.81. The summed E-state index contributed by atoms with van der Waals surface area (Å²) in [5.74, 6) is -0.881. The molecule has 1 atom stereocenters. The molecular weight excluding hydrogens is 262 g/mol. The van der Waals surface area contributed by atoms with E-state index in [-0.39, 0.29) is 24.8 Å². The summed E-state index contributed by atoms with van der Waals surface area (Å²) in [5.41, 5.74) is 0. The van der Waals surface area contributed by atoms with Gasteiger partial charge in [-0.3, -0.25) is 14.9 Å². The van der Waals surface area contributed by atoms with E-state index in [9.17, 15) is 14.4 Å². The van der Waals surface area contributed by atoms with Crippen LogP contribution >= 0.6 is 0 Å². The van der Waals surface area contributed by atoms with Crippen LogP contribution in [-0.2, 0) is 9.59 Å². The summed E-state index contributed by atoms with van der Waals surface area (Å²) in [4.78, 5) is 32.9. The summed E-state index contributed by atoms with van der Waals surface area (Å²) >= 11 is 0. The minimum absolute atomic E-state index is 0.0746. The molecule has 0 aliphatic carbocycles. The van der Waals surface area contributed by atoms with Crippen LogP contribution < -0.4 is 16.0 Å². The lowest BCUT2D eigenvalue weighted by Crippen LogP contribution is -2.43.